The van der Waals surface area contributed by atoms with E-state index in [1.54, 1.807) is 0 Å². The molecule has 1 N–H and O–H groups in total. The fourth-order valence-electron chi connectivity index (χ4n) is 2.13. The van der Waals surface area contributed by atoms with Crippen LogP contribution in [0.4, 0.5) is 0 Å². The van der Waals surface area contributed by atoms with E-state index in [4.69, 9.17) is 11.6 Å². The lowest BCUT2D eigenvalue weighted by molar-refractivity contribution is 0.574. The summed E-state index contributed by atoms with van der Waals surface area (Å²) >= 11 is 6.22. The van der Waals surface area contributed by atoms with Crippen LogP contribution in [0.1, 0.15) is 31.9 Å². The highest BCUT2D eigenvalue weighted by atomic mass is 35.5. The van der Waals surface area contributed by atoms with Crippen LogP contribution in [0.3, 0.4) is 0 Å². The molecule has 0 aliphatic rings. The van der Waals surface area contributed by atoms with Gasteiger partial charge in [0.05, 0.1) is 0 Å². The summed E-state index contributed by atoms with van der Waals surface area (Å²) < 4.78 is 0. The molecular weight excluding hydrogens is 230 g/mol. The van der Waals surface area contributed by atoms with Crippen molar-refractivity contribution in [1.29, 1.82) is 0 Å². The summed E-state index contributed by atoms with van der Waals surface area (Å²) in [6.45, 7) is 5.42. The molecule has 2 aromatic rings. The summed E-state index contributed by atoms with van der Waals surface area (Å²) in [4.78, 5) is 0. The zero-order valence-electron chi connectivity index (χ0n) is 10.3. The molecule has 0 bridgehead atoms. The summed E-state index contributed by atoms with van der Waals surface area (Å²) in [6, 6.07) is 12.8. The number of fused-ring (bicyclic) bond motifs is 1. The maximum Gasteiger partial charge on any atom is 0.0484 e. The van der Waals surface area contributed by atoms with Crippen molar-refractivity contribution in [3.8, 4) is 0 Å². The van der Waals surface area contributed by atoms with E-state index in [-0.39, 0.29) is 0 Å². The van der Waals surface area contributed by atoms with Gasteiger partial charge in [-0.2, -0.15) is 0 Å². The minimum absolute atomic E-state index is 0.358. The number of benzene rings is 2. The predicted molar refractivity (Wildman–Crippen MR) is 75.7 cm³/mol. The van der Waals surface area contributed by atoms with Gasteiger partial charge >= 0.3 is 0 Å². The molecular formula is C15H18ClN. The average Bonchev–Trinajstić information content (AvgIpc) is 2.37. The highest BCUT2D eigenvalue weighted by Gasteiger charge is 2.09. The Hall–Kier alpha value is -1.05. The molecule has 2 aromatic carbocycles. The lowest BCUT2D eigenvalue weighted by Crippen LogP contribution is -2.19. The minimum atomic E-state index is 0.358. The van der Waals surface area contributed by atoms with Crippen LogP contribution in [0.5, 0.6) is 0 Å². The van der Waals surface area contributed by atoms with Gasteiger partial charge in [0, 0.05) is 16.5 Å². The van der Waals surface area contributed by atoms with Gasteiger partial charge in [-0.15, -0.1) is 0 Å². The Morgan fingerprint density at radius 1 is 1.12 bits per heavy atom. The van der Waals surface area contributed by atoms with Gasteiger partial charge < -0.3 is 5.32 Å². The molecule has 0 radical (unpaired) electrons. The first-order valence-corrected chi connectivity index (χ1v) is 6.52. The number of nitrogens with one attached hydrogen (secondary N) is 1. The molecule has 0 fully saturated rings. The van der Waals surface area contributed by atoms with Gasteiger partial charge in [-0.25, -0.2) is 0 Å². The van der Waals surface area contributed by atoms with Gasteiger partial charge in [0.15, 0.2) is 0 Å². The first-order valence-electron chi connectivity index (χ1n) is 6.14. The molecule has 0 saturated carbocycles. The van der Waals surface area contributed by atoms with Crippen molar-refractivity contribution in [3.05, 3.63) is 47.0 Å². The molecule has 1 nitrogen and oxygen atoms in total. The van der Waals surface area contributed by atoms with E-state index in [1.807, 2.05) is 12.1 Å². The Morgan fingerprint density at radius 2 is 1.82 bits per heavy atom. The molecule has 17 heavy (non-hydrogen) atoms. The molecule has 0 spiro atoms. The second-order valence-electron chi connectivity index (χ2n) is 4.36. The first kappa shape index (κ1) is 12.4. The van der Waals surface area contributed by atoms with E-state index in [0.717, 1.165) is 23.4 Å². The van der Waals surface area contributed by atoms with Crippen LogP contribution in [0.15, 0.2) is 36.4 Å². The third-order valence-corrected chi connectivity index (χ3v) is 3.40. The Morgan fingerprint density at radius 3 is 2.53 bits per heavy atom. The van der Waals surface area contributed by atoms with E-state index < -0.39 is 0 Å². The normalized spacial score (nSPS) is 12.9. The van der Waals surface area contributed by atoms with Crippen molar-refractivity contribution >= 4 is 22.4 Å². The Balaban J connectivity index is 2.44. The van der Waals surface area contributed by atoms with E-state index >= 15 is 0 Å². The smallest absolute Gasteiger partial charge is 0.0484 e. The standard InChI is InChI=1S/C15H18ClN/c1-3-10-17-11(2)12-8-9-15(16)14-7-5-4-6-13(12)14/h4-9,11,17H,3,10H2,1-2H3. The zero-order chi connectivity index (χ0) is 12.3. The molecule has 0 aliphatic heterocycles. The lowest BCUT2D eigenvalue weighted by Gasteiger charge is -2.16. The molecule has 0 aromatic heterocycles. The van der Waals surface area contributed by atoms with Crippen molar-refractivity contribution in [2.45, 2.75) is 26.3 Å². The summed E-state index contributed by atoms with van der Waals surface area (Å²) in [7, 11) is 0. The molecule has 0 saturated heterocycles. The summed E-state index contributed by atoms with van der Waals surface area (Å²) in [5.74, 6) is 0. The first-order chi connectivity index (χ1) is 8.24. The zero-order valence-corrected chi connectivity index (χ0v) is 11.1. The van der Waals surface area contributed by atoms with Crippen molar-refractivity contribution < 1.29 is 0 Å². The van der Waals surface area contributed by atoms with E-state index in [2.05, 4.69) is 43.4 Å². The predicted octanol–water partition coefficient (Wildman–Crippen LogP) is 4.55. The Bertz CT molecular complexity index is 507. The van der Waals surface area contributed by atoms with Gasteiger partial charge in [0.1, 0.15) is 0 Å². The number of hydrogen-bond donors (Lipinski definition) is 1. The largest absolute Gasteiger partial charge is 0.310 e. The van der Waals surface area contributed by atoms with Crippen LogP contribution in [0, 0.1) is 0 Å². The summed E-state index contributed by atoms with van der Waals surface area (Å²) in [6.07, 6.45) is 1.15. The summed E-state index contributed by atoms with van der Waals surface area (Å²) in [5, 5.41) is 6.73. The minimum Gasteiger partial charge on any atom is -0.310 e. The topological polar surface area (TPSA) is 12.0 Å². The van der Waals surface area contributed by atoms with Gasteiger partial charge in [-0.3, -0.25) is 0 Å². The van der Waals surface area contributed by atoms with Crippen LogP contribution >= 0.6 is 11.6 Å². The molecule has 0 heterocycles. The van der Waals surface area contributed by atoms with Crippen molar-refractivity contribution in [2.24, 2.45) is 0 Å². The monoisotopic (exact) mass is 247 g/mol. The molecule has 0 aliphatic carbocycles. The van der Waals surface area contributed by atoms with E-state index in [9.17, 15) is 0 Å². The second-order valence-corrected chi connectivity index (χ2v) is 4.77. The van der Waals surface area contributed by atoms with E-state index in [0.29, 0.717) is 6.04 Å². The third kappa shape index (κ3) is 2.62. The van der Waals surface area contributed by atoms with Gasteiger partial charge in [-0.1, -0.05) is 48.9 Å². The molecule has 90 valence electrons. The van der Waals surface area contributed by atoms with Gasteiger partial charge in [0.25, 0.3) is 0 Å². The molecule has 2 heteroatoms. The maximum absolute atomic E-state index is 6.22. The molecule has 1 unspecified atom stereocenters. The fourth-order valence-corrected chi connectivity index (χ4v) is 2.36. The van der Waals surface area contributed by atoms with Crippen LogP contribution < -0.4 is 5.32 Å². The van der Waals surface area contributed by atoms with Crippen molar-refractivity contribution in [3.63, 3.8) is 0 Å². The number of halogens is 1. The number of rotatable bonds is 4. The molecule has 0 amide bonds. The third-order valence-electron chi connectivity index (χ3n) is 3.07. The SMILES string of the molecule is CCCNC(C)c1ccc(Cl)c2ccccc12. The highest BCUT2D eigenvalue weighted by molar-refractivity contribution is 6.35. The van der Waals surface area contributed by atoms with Crippen LogP contribution in [0.2, 0.25) is 5.02 Å². The number of hydrogen-bond acceptors (Lipinski definition) is 1. The van der Waals surface area contributed by atoms with Crippen LogP contribution in [0.25, 0.3) is 10.8 Å². The fraction of sp³-hybridized carbons (Fsp3) is 0.333. The van der Waals surface area contributed by atoms with E-state index in [1.165, 1.54) is 10.9 Å². The molecule has 1 atom stereocenters. The van der Waals surface area contributed by atoms with Crippen molar-refractivity contribution in [2.75, 3.05) is 6.54 Å². The van der Waals surface area contributed by atoms with Crippen LogP contribution in [-0.4, -0.2) is 6.54 Å². The Kier molecular flexibility index (Phi) is 4.03. The van der Waals surface area contributed by atoms with Crippen molar-refractivity contribution in [1.82, 2.24) is 5.32 Å². The Labute approximate surface area is 108 Å². The van der Waals surface area contributed by atoms with Gasteiger partial charge in [-0.05, 0) is 36.9 Å². The lowest BCUT2D eigenvalue weighted by atomic mass is 9.99. The van der Waals surface area contributed by atoms with Gasteiger partial charge in [0.2, 0.25) is 0 Å². The maximum atomic E-state index is 6.22. The second kappa shape index (κ2) is 5.52. The molecule has 2 rings (SSSR count). The summed E-state index contributed by atoms with van der Waals surface area (Å²) in [5.41, 5.74) is 1.32. The average molecular weight is 248 g/mol. The highest BCUT2D eigenvalue weighted by Crippen LogP contribution is 2.29. The van der Waals surface area contributed by atoms with Crippen LogP contribution in [-0.2, 0) is 0 Å². The quantitative estimate of drug-likeness (QED) is 0.836.